The van der Waals surface area contributed by atoms with Gasteiger partial charge in [-0.1, -0.05) is 0 Å². The molecule has 0 spiro atoms. The van der Waals surface area contributed by atoms with Gasteiger partial charge < -0.3 is 9.47 Å². The number of hydrogen-bond donors (Lipinski definition) is 0. The van der Waals surface area contributed by atoms with E-state index in [9.17, 15) is 4.79 Å². The summed E-state index contributed by atoms with van der Waals surface area (Å²) in [4.78, 5) is 11.4. The Morgan fingerprint density at radius 3 is 2.76 bits per heavy atom. The largest absolute Gasteiger partial charge is 0.469 e. The molecule has 1 aliphatic rings. The number of thiophene rings is 1. The zero-order valence-corrected chi connectivity index (χ0v) is 10.9. The van der Waals surface area contributed by atoms with Gasteiger partial charge in [0.15, 0.2) is 0 Å². The highest BCUT2D eigenvalue weighted by molar-refractivity contribution is 7.07. The summed E-state index contributed by atoms with van der Waals surface area (Å²) in [5.74, 6) is 0.0160. The topological polar surface area (TPSA) is 35.5 Å². The van der Waals surface area contributed by atoms with Crippen LogP contribution in [0.3, 0.4) is 0 Å². The smallest absolute Gasteiger partial charge is 0.308 e. The molecule has 1 saturated carbocycles. The average Bonchev–Trinajstić information content (AvgIpc) is 2.89. The number of methoxy groups -OCH3 is 1. The molecule has 17 heavy (non-hydrogen) atoms. The maximum Gasteiger partial charge on any atom is 0.308 e. The van der Waals surface area contributed by atoms with Gasteiger partial charge >= 0.3 is 5.97 Å². The van der Waals surface area contributed by atoms with E-state index in [1.165, 1.54) is 12.7 Å². The fraction of sp³-hybridized carbons (Fsp3) is 0.615. The SMILES string of the molecule is COC(=O)C1CCC(OCc2ccsc2)CC1. The Bertz CT molecular complexity index is 340. The van der Waals surface area contributed by atoms with Crippen molar-refractivity contribution in [1.82, 2.24) is 0 Å². The summed E-state index contributed by atoms with van der Waals surface area (Å²) in [5, 5.41) is 4.17. The summed E-state index contributed by atoms with van der Waals surface area (Å²) in [6.07, 6.45) is 4.01. The molecule has 1 aromatic rings. The summed E-state index contributed by atoms with van der Waals surface area (Å²) < 4.78 is 10.6. The first-order valence-electron chi connectivity index (χ1n) is 6.00. The predicted octanol–water partition coefficient (Wildman–Crippen LogP) is 3.00. The monoisotopic (exact) mass is 254 g/mol. The Morgan fingerprint density at radius 2 is 2.18 bits per heavy atom. The van der Waals surface area contributed by atoms with Crippen LogP contribution in [0.1, 0.15) is 31.2 Å². The van der Waals surface area contributed by atoms with Gasteiger partial charge in [-0.15, -0.1) is 0 Å². The van der Waals surface area contributed by atoms with E-state index >= 15 is 0 Å². The first kappa shape index (κ1) is 12.6. The zero-order chi connectivity index (χ0) is 12.1. The van der Waals surface area contributed by atoms with Crippen molar-refractivity contribution in [2.45, 2.75) is 38.4 Å². The Kier molecular flexibility index (Phi) is 4.57. The molecule has 94 valence electrons. The molecule has 0 aromatic carbocycles. The molecule has 0 unspecified atom stereocenters. The molecule has 1 heterocycles. The molecule has 1 fully saturated rings. The van der Waals surface area contributed by atoms with Crippen molar-refractivity contribution in [3.63, 3.8) is 0 Å². The first-order valence-corrected chi connectivity index (χ1v) is 6.94. The molecule has 0 saturated heterocycles. The van der Waals surface area contributed by atoms with Gasteiger partial charge in [-0.3, -0.25) is 4.79 Å². The lowest BCUT2D eigenvalue weighted by Gasteiger charge is -2.26. The van der Waals surface area contributed by atoms with Crippen LogP contribution in [0.15, 0.2) is 16.8 Å². The fourth-order valence-corrected chi connectivity index (χ4v) is 2.87. The van der Waals surface area contributed by atoms with Crippen molar-refractivity contribution in [1.29, 1.82) is 0 Å². The third-order valence-electron chi connectivity index (χ3n) is 3.27. The van der Waals surface area contributed by atoms with Gasteiger partial charge in [0.05, 0.1) is 25.7 Å². The van der Waals surface area contributed by atoms with Crippen LogP contribution in [0.4, 0.5) is 0 Å². The molecular formula is C13H18O3S. The number of ether oxygens (including phenoxy) is 2. The molecule has 0 atom stereocenters. The van der Waals surface area contributed by atoms with E-state index in [1.807, 2.05) is 0 Å². The van der Waals surface area contributed by atoms with E-state index in [-0.39, 0.29) is 11.9 Å². The minimum atomic E-state index is -0.0683. The van der Waals surface area contributed by atoms with Crippen LogP contribution in [-0.2, 0) is 20.9 Å². The number of rotatable bonds is 4. The van der Waals surface area contributed by atoms with Crippen molar-refractivity contribution in [3.05, 3.63) is 22.4 Å². The molecular weight excluding hydrogens is 236 g/mol. The average molecular weight is 254 g/mol. The van der Waals surface area contributed by atoms with Crippen molar-refractivity contribution in [3.8, 4) is 0 Å². The maximum atomic E-state index is 11.4. The number of esters is 1. The van der Waals surface area contributed by atoms with Crippen molar-refractivity contribution in [2.75, 3.05) is 7.11 Å². The third-order valence-corrected chi connectivity index (χ3v) is 4.01. The van der Waals surface area contributed by atoms with Gasteiger partial charge in [0.1, 0.15) is 0 Å². The highest BCUT2D eigenvalue weighted by atomic mass is 32.1. The Labute approximate surface area is 106 Å². The standard InChI is InChI=1S/C13H18O3S/c1-15-13(14)11-2-4-12(5-3-11)16-8-10-6-7-17-9-10/h6-7,9,11-12H,2-5,8H2,1H3. The quantitative estimate of drug-likeness (QED) is 0.775. The second-order valence-electron chi connectivity index (χ2n) is 4.44. The molecule has 0 amide bonds. The summed E-state index contributed by atoms with van der Waals surface area (Å²) in [7, 11) is 1.46. The van der Waals surface area contributed by atoms with Gasteiger partial charge in [-0.05, 0) is 48.1 Å². The molecule has 2 rings (SSSR count). The van der Waals surface area contributed by atoms with Gasteiger partial charge in [0, 0.05) is 0 Å². The summed E-state index contributed by atoms with van der Waals surface area (Å²) in [5.41, 5.74) is 1.24. The van der Waals surface area contributed by atoms with E-state index in [1.54, 1.807) is 11.3 Å². The molecule has 0 N–H and O–H groups in total. The van der Waals surface area contributed by atoms with Crippen molar-refractivity contribution < 1.29 is 14.3 Å². The van der Waals surface area contributed by atoms with Crippen LogP contribution in [0.5, 0.6) is 0 Å². The molecule has 1 aromatic heterocycles. The third kappa shape index (κ3) is 3.54. The number of hydrogen-bond acceptors (Lipinski definition) is 4. The molecule has 0 bridgehead atoms. The van der Waals surface area contributed by atoms with Crippen LogP contribution in [-0.4, -0.2) is 19.2 Å². The highest BCUT2D eigenvalue weighted by Crippen LogP contribution is 2.27. The van der Waals surface area contributed by atoms with Gasteiger partial charge in [-0.2, -0.15) is 11.3 Å². The molecule has 0 aliphatic heterocycles. The lowest BCUT2D eigenvalue weighted by molar-refractivity contribution is -0.147. The van der Waals surface area contributed by atoms with E-state index in [2.05, 4.69) is 16.8 Å². The minimum Gasteiger partial charge on any atom is -0.469 e. The Morgan fingerprint density at radius 1 is 1.41 bits per heavy atom. The van der Waals surface area contributed by atoms with E-state index in [0.717, 1.165) is 25.7 Å². The molecule has 3 nitrogen and oxygen atoms in total. The van der Waals surface area contributed by atoms with Crippen LogP contribution < -0.4 is 0 Å². The fourth-order valence-electron chi connectivity index (χ4n) is 2.22. The molecule has 4 heteroatoms. The molecule has 1 aliphatic carbocycles. The van der Waals surface area contributed by atoms with Gasteiger partial charge in [-0.25, -0.2) is 0 Å². The Hall–Kier alpha value is -0.870. The zero-order valence-electron chi connectivity index (χ0n) is 10.1. The highest BCUT2D eigenvalue weighted by Gasteiger charge is 2.27. The van der Waals surface area contributed by atoms with Crippen LogP contribution >= 0.6 is 11.3 Å². The van der Waals surface area contributed by atoms with Crippen LogP contribution in [0.2, 0.25) is 0 Å². The lowest BCUT2D eigenvalue weighted by atomic mass is 9.87. The minimum absolute atomic E-state index is 0.0683. The van der Waals surface area contributed by atoms with Crippen molar-refractivity contribution in [2.24, 2.45) is 5.92 Å². The first-order chi connectivity index (χ1) is 8.29. The van der Waals surface area contributed by atoms with E-state index in [4.69, 9.17) is 9.47 Å². The second-order valence-corrected chi connectivity index (χ2v) is 5.22. The van der Waals surface area contributed by atoms with Gasteiger partial charge in [0.2, 0.25) is 0 Å². The lowest BCUT2D eigenvalue weighted by Crippen LogP contribution is -2.26. The molecule has 0 radical (unpaired) electrons. The number of carbonyl (C=O) groups is 1. The summed E-state index contributed by atoms with van der Waals surface area (Å²) in [6, 6.07) is 2.09. The maximum absolute atomic E-state index is 11.4. The van der Waals surface area contributed by atoms with Crippen LogP contribution in [0, 0.1) is 5.92 Å². The van der Waals surface area contributed by atoms with Crippen molar-refractivity contribution >= 4 is 17.3 Å². The number of carbonyl (C=O) groups excluding carboxylic acids is 1. The Balaban J connectivity index is 1.70. The van der Waals surface area contributed by atoms with Gasteiger partial charge in [0.25, 0.3) is 0 Å². The van der Waals surface area contributed by atoms with Crippen LogP contribution in [0.25, 0.3) is 0 Å². The summed E-state index contributed by atoms with van der Waals surface area (Å²) in [6.45, 7) is 0.692. The summed E-state index contributed by atoms with van der Waals surface area (Å²) >= 11 is 1.69. The predicted molar refractivity (Wildman–Crippen MR) is 66.9 cm³/mol. The normalized spacial score (nSPS) is 24.5. The van der Waals surface area contributed by atoms with E-state index in [0.29, 0.717) is 12.7 Å². The second kappa shape index (κ2) is 6.17. The van der Waals surface area contributed by atoms with E-state index < -0.39 is 0 Å².